The number of hydrogen-bond acceptors (Lipinski definition) is 2. The van der Waals surface area contributed by atoms with Gasteiger partial charge in [-0.15, -0.1) is 71.8 Å². The van der Waals surface area contributed by atoms with Crippen LogP contribution in [0.1, 0.15) is 0 Å². The molecule has 0 aliphatic heterocycles. The maximum Gasteiger partial charge on any atom is 0.0160 e. The average molecular weight is 871 g/mol. The fourth-order valence-electron chi connectivity index (χ4n) is 2.15. The van der Waals surface area contributed by atoms with Gasteiger partial charge in [-0.1, -0.05) is 24.3 Å². The Labute approximate surface area is 244 Å². The minimum atomic E-state index is 0. The first kappa shape index (κ1) is 30.4. The third-order valence-corrected chi connectivity index (χ3v) is 3.30. The predicted octanol–water partition coefficient (Wildman–Crippen LogP) is 5.09. The summed E-state index contributed by atoms with van der Waals surface area (Å²) in [6.45, 7) is 0. The monoisotopic (exact) mass is 872 g/mol. The van der Waals surface area contributed by atoms with Crippen molar-refractivity contribution in [1.29, 1.82) is 0 Å². The summed E-state index contributed by atoms with van der Waals surface area (Å²) in [5.74, 6) is 0. The quantitative estimate of drug-likeness (QED) is 0.263. The van der Waals surface area contributed by atoms with Crippen molar-refractivity contribution in [2.75, 3.05) is 0 Å². The maximum absolute atomic E-state index is 4.22. The van der Waals surface area contributed by atoms with Crippen LogP contribution < -0.4 is 0 Å². The average Bonchev–Trinajstić information content (AvgIpc) is 2.71. The first-order valence-electron chi connectivity index (χ1n) is 7.70. The van der Waals surface area contributed by atoms with Crippen LogP contribution >= 0.6 is 0 Å². The van der Waals surface area contributed by atoms with Gasteiger partial charge in [-0.05, 0) is 23.5 Å². The Morgan fingerprint density at radius 2 is 0.893 bits per heavy atom. The van der Waals surface area contributed by atoms with Crippen LogP contribution in [0, 0.1) is 12.1 Å². The number of nitrogens with zero attached hydrogens (tertiary/aromatic N) is 2. The van der Waals surface area contributed by atoms with Crippen molar-refractivity contribution in [2.24, 2.45) is 0 Å². The van der Waals surface area contributed by atoms with Crippen molar-refractivity contribution in [2.45, 2.75) is 0 Å². The molecule has 2 aromatic carbocycles. The maximum atomic E-state index is 4.22. The molecular weight excluding hydrogens is 855 g/mol. The van der Waals surface area contributed by atoms with E-state index in [4.69, 9.17) is 0 Å². The number of pyridine rings is 2. The summed E-state index contributed by atoms with van der Waals surface area (Å²) in [5, 5.41) is 0. The van der Waals surface area contributed by atoms with Crippen molar-refractivity contribution in [1.82, 2.24) is 9.97 Å². The van der Waals surface area contributed by atoms with E-state index in [-0.39, 0.29) is 106 Å². The number of hydrogen-bond donors (Lipinski definition) is 0. The zero-order valence-electron chi connectivity index (χ0n) is 15.0. The summed E-state index contributed by atoms with van der Waals surface area (Å²) in [4.78, 5) is 8.44. The smallest absolute Gasteiger partial charge is 0.0160 e. The van der Waals surface area contributed by atoms with E-state index in [1.807, 2.05) is 84.9 Å². The van der Waals surface area contributed by atoms with Crippen molar-refractivity contribution in [3.8, 4) is 22.5 Å². The second-order valence-corrected chi connectivity index (χ2v) is 4.98. The molecule has 2 heterocycles. The number of benzene rings is 2. The molecule has 140 valence electrons. The molecule has 4 aromatic rings. The van der Waals surface area contributed by atoms with Crippen LogP contribution in [0.5, 0.6) is 0 Å². The minimum absolute atomic E-state index is 0. The third-order valence-electron chi connectivity index (χ3n) is 3.30. The molecule has 0 saturated heterocycles. The van der Waals surface area contributed by atoms with E-state index < -0.39 is 0 Å². The molecule has 0 aliphatic rings. The van der Waals surface area contributed by atoms with E-state index in [2.05, 4.69) is 22.1 Å². The number of rotatable bonds is 2. The molecule has 0 atom stereocenters. The van der Waals surface area contributed by atoms with Gasteiger partial charge in [-0.2, -0.15) is 0 Å². The molecule has 2 aromatic heterocycles. The van der Waals surface area contributed by atoms with Gasteiger partial charge in [0.1, 0.15) is 0 Å². The fourth-order valence-corrected chi connectivity index (χ4v) is 2.15. The van der Waals surface area contributed by atoms with Crippen molar-refractivity contribution in [3.63, 3.8) is 0 Å². The Kier molecular flexibility index (Phi) is 19.6. The topological polar surface area (TPSA) is 25.8 Å². The molecule has 0 spiro atoms. The second kappa shape index (κ2) is 18.1. The molecule has 0 N–H and O–H groups in total. The van der Waals surface area contributed by atoms with Crippen LogP contribution in [0.15, 0.2) is 97.3 Å². The normalized spacial score (nSPS) is 8.29. The predicted molar refractivity (Wildman–Crippen MR) is 97.0 cm³/mol. The Bertz CT molecular complexity index is 700. The minimum Gasteiger partial charge on any atom is -0.305 e. The zero-order valence-corrected chi connectivity index (χ0v) is 25.4. The summed E-state index contributed by atoms with van der Waals surface area (Å²) in [6, 6.07) is 33.6. The molecule has 4 radical (unpaired) electrons. The van der Waals surface area contributed by atoms with Crippen molar-refractivity contribution >= 4 is 0 Å². The van der Waals surface area contributed by atoms with Gasteiger partial charge in [-0.25, -0.2) is 0 Å². The Morgan fingerprint density at radius 1 is 0.500 bits per heavy atom. The van der Waals surface area contributed by atoms with Gasteiger partial charge in [0.25, 0.3) is 0 Å². The van der Waals surface area contributed by atoms with Crippen LogP contribution in [-0.4, -0.2) is 9.97 Å². The zero-order chi connectivity index (χ0) is 16.5. The van der Waals surface area contributed by atoms with Crippen molar-refractivity contribution in [3.05, 3.63) is 109 Å². The van der Waals surface area contributed by atoms with Crippen LogP contribution in [0.2, 0.25) is 0 Å². The first-order chi connectivity index (χ1) is 11.9. The van der Waals surface area contributed by atoms with E-state index in [9.17, 15) is 0 Å². The Morgan fingerprint density at radius 3 is 1.18 bits per heavy atom. The second-order valence-electron chi connectivity index (χ2n) is 4.98. The molecule has 0 aliphatic carbocycles. The van der Waals surface area contributed by atoms with Crippen LogP contribution in [0.25, 0.3) is 22.5 Å². The summed E-state index contributed by atoms with van der Waals surface area (Å²) < 4.78 is 0. The molecule has 28 heavy (non-hydrogen) atoms. The standard InChI is InChI=1S/2C11H8N.2Ir.2Y/c2*1-2-6-10(7-3-1)11-8-4-5-9-12-11;;;;/h2*1-6,8-9H;;;;/q2*-1;;;;. The SMILES string of the molecule is [Ir].[Ir].[Y].[Y].[c-]1ccccc1-c1ccccn1.[c-]1ccccc1-c1ccccn1. The molecule has 0 saturated carbocycles. The fraction of sp³-hybridized carbons (Fsp3) is 0. The molecule has 6 heteroatoms. The van der Waals surface area contributed by atoms with Gasteiger partial charge >= 0.3 is 0 Å². The van der Waals surface area contributed by atoms with E-state index in [0.29, 0.717) is 0 Å². The van der Waals surface area contributed by atoms with Gasteiger partial charge < -0.3 is 9.97 Å². The summed E-state index contributed by atoms with van der Waals surface area (Å²) in [5.41, 5.74) is 4.02. The summed E-state index contributed by atoms with van der Waals surface area (Å²) in [7, 11) is 0. The Hall–Kier alpha value is 0.246. The molecule has 0 amide bonds. The van der Waals surface area contributed by atoms with Crippen LogP contribution in [0.3, 0.4) is 0 Å². The van der Waals surface area contributed by atoms with E-state index >= 15 is 0 Å². The van der Waals surface area contributed by atoms with Gasteiger partial charge in [0.15, 0.2) is 0 Å². The molecular formula is C22H16Ir2N2Y2-2. The van der Waals surface area contributed by atoms with E-state index in [1.54, 1.807) is 12.4 Å². The van der Waals surface area contributed by atoms with E-state index in [0.717, 1.165) is 22.5 Å². The molecule has 0 fully saturated rings. The molecule has 2 nitrogen and oxygen atoms in total. The molecule has 0 unspecified atom stereocenters. The van der Waals surface area contributed by atoms with E-state index in [1.165, 1.54) is 0 Å². The molecule has 4 rings (SSSR count). The molecule has 0 bridgehead atoms. The largest absolute Gasteiger partial charge is 0.305 e. The summed E-state index contributed by atoms with van der Waals surface area (Å²) >= 11 is 0. The third kappa shape index (κ3) is 10.3. The first-order valence-corrected chi connectivity index (χ1v) is 7.70. The van der Waals surface area contributed by atoms with Crippen molar-refractivity contribution < 1.29 is 106 Å². The van der Waals surface area contributed by atoms with Gasteiger partial charge in [-0.3, -0.25) is 0 Å². The van der Waals surface area contributed by atoms with Gasteiger partial charge in [0.05, 0.1) is 0 Å². The van der Waals surface area contributed by atoms with Gasteiger partial charge in [0, 0.05) is 118 Å². The Balaban J connectivity index is 0. The summed E-state index contributed by atoms with van der Waals surface area (Å²) in [6.07, 6.45) is 3.58. The van der Waals surface area contributed by atoms with Gasteiger partial charge in [0.2, 0.25) is 0 Å². The van der Waals surface area contributed by atoms with Crippen LogP contribution in [-0.2, 0) is 106 Å². The number of aromatic nitrogens is 2. The van der Waals surface area contributed by atoms with Crippen LogP contribution in [0.4, 0.5) is 0 Å².